The number of nitrogens with zero attached hydrogens (tertiary/aromatic N) is 1. The van der Waals surface area contributed by atoms with Crippen molar-refractivity contribution in [2.45, 2.75) is 12.8 Å². The van der Waals surface area contributed by atoms with Gasteiger partial charge in [-0.2, -0.15) is 0 Å². The first-order valence-corrected chi connectivity index (χ1v) is 5.37. The van der Waals surface area contributed by atoms with Crippen molar-refractivity contribution in [3.05, 3.63) is 42.4 Å². The summed E-state index contributed by atoms with van der Waals surface area (Å²) in [5.74, 6) is 0.738. The van der Waals surface area contributed by atoms with Crippen LogP contribution in [0.3, 0.4) is 0 Å². The third kappa shape index (κ3) is 2.53. The summed E-state index contributed by atoms with van der Waals surface area (Å²) in [7, 11) is 0. The first kappa shape index (κ1) is 11.4. The topological polar surface area (TPSA) is 52.3 Å². The van der Waals surface area contributed by atoms with Crippen molar-refractivity contribution in [1.29, 1.82) is 0 Å². The molecule has 0 spiro atoms. The van der Waals surface area contributed by atoms with Crippen LogP contribution in [0, 0.1) is 0 Å². The zero-order chi connectivity index (χ0) is 12.1. The third-order valence-electron chi connectivity index (χ3n) is 2.51. The number of rotatable bonds is 5. The highest BCUT2D eigenvalue weighted by Gasteiger charge is 2.17. The Morgan fingerprint density at radius 1 is 1.41 bits per heavy atom. The third-order valence-corrected chi connectivity index (χ3v) is 2.51. The molecule has 1 aromatic heterocycles. The molecular formula is C13H13NO3. The minimum Gasteiger partial charge on any atom is -0.467 e. The predicted octanol–water partition coefficient (Wildman–Crippen LogP) is 2.62. The minimum absolute atomic E-state index is 0.00848. The summed E-state index contributed by atoms with van der Waals surface area (Å²) in [5.41, 5.74) is 1.77. The van der Waals surface area contributed by atoms with E-state index in [9.17, 15) is 4.79 Å². The van der Waals surface area contributed by atoms with E-state index in [2.05, 4.69) is 4.98 Å². The fourth-order valence-electron chi connectivity index (χ4n) is 1.67. The van der Waals surface area contributed by atoms with E-state index in [1.165, 1.54) is 6.39 Å². The van der Waals surface area contributed by atoms with Crippen molar-refractivity contribution in [2.24, 2.45) is 0 Å². The molecule has 0 saturated carbocycles. The van der Waals surface area contributed by atoms with Gasteiger partial charge in [-0.15, -0.1) is 0 Å². The van der Waals surface area contributed by atoms with Crippen LogP contribution in [0.5, 0.6) is 0 Å². The van der Waals surface area contributed by atoms with E-state index >= 15 is 0 Å². The highest BCUT2D eigenvalue weighted by atomic mass is 16.5. The lowest BCUT2D eigenvalue weighted by Crippen LogP contribution is -2.04. The maximum Gasteiger partial charge on any atom is 0.293 e. The second-order valence-electron chi connectivity index (χ2n) is 3.76. The maximum absolute atomic E-state index is 10.2. The number of hydrogen-bond donors (Lipinski definition) is 0. The molecule has 0 saturated heterocycles. The van der Waals surface area contributed by atoms with E-state index in [0.29, 0.717) is 13.1 Å². The SMILES string of the molecule is CC(COC=O)c1ncoc1-c1ccccc1. The predicted molar refractivity (Wildman–Crippen MR) is 62.4 cm³/mol. The van der Waals surface area contributed by atoms with Crippen molar-refractivity contribution in [1.82, 2.24) is 4.98 Å². The number of oxazole rings is 1. The molecule has 88 valence electrons. The molecule has 1 heterocycles. The molecular weight excluding hydrogens is 218 g/mol. The number of aromatic nitrogens is 1. The van der Waals surface area contributed by atoms with Crippen LogP contribution in [0.2, 0.25) is 0 Å². The molecule has 2 rings (SSSR count). The second kappa shape index (κ2) is 5.30. The molecule has 1 unspecified atom stereocenters. The van der Waals surface area contributed by atoms with Gasteiger partial charge in [-0.25, -0.2) is 4.98 Å². The number of ether oxygens (including phenoxy) is 1. The summed E-state index contributed by atoms with van der Waals surface area (Å²) in [4.78, 5) is 14.4. The van der Waals surface area contributed by atoms with Gasteiger partial charge in [0.05, 0.1) is 12.3 Å². The van der Waals surface area contributed by atoms with E-state index in [0.717, 1.165) is 17.0 Å². The molecule has 4 nitrogen and oxygen atoms in total. The number of carbonyl (C=O) groups is 1. The quantitative estimate of drug-likeness (QED) is 0.742. The summed E-state index contributed by atoms with van der Waals surface area (Å²) in [6, 6.07) is 9.73. The molecule has 0 radical (unpaired) electrons. The highest BCUT2D eigenvalue weighted by Crippen LogP contribution is 2.28. The molecule has 0 fully saturated rings. The maximum atomic E-state index is 10.2. The minimum atomic E-state index is 0.00848. The van der Waals surface area contributed by atoms with Gasteiger partial charge in [0.2, 0.25) is 0 Å². The van der Waals surface area contributed by atoms with Crippen LogP contribution in [0.15, 0.2) is 41.1 Å². The molecule has 4 heteroatoms. The van der Waals surface area contributed by atoms with Crippen LogP contribution in [0.1, 0.15) is 18.5 Å². The fourth-order valence-corrected chi connectivity index (χ4v) is 1.67. The monoisotopic (exact) mass is 231 g/mol. The van der Waals surface area contributed by atoms with Gasteiger partial charge in [0.15, 0.2) is 12.2 Å². The summed E-state index contributed by atoms with van der Waals surface area (Å²) >= 11 is 0. The summed E-state index contributed by atoms with van der Waals surface area (Å²) in [6.45, 7) is 2.68. The molecule has 0 aliphatic heterocycles. The van der Waals surface area contributed by atoms with Gasteiger partial charge in [0.1, 0.15) is 0 Å². The second-order valence-corrected chi connectivity index (χ2v) is 3.76. The first-order chi connectivity index (χ1) is 8.33. The van der Waals surface area contributed by atoms with Gasteiger partial charge >= 0.3 is 0 Å². The lowest BCUT2D eigenvalue weighted by Gasteiger charge is -2.08. The lowest BCUT2D eigenvalue weighted by molar-refractivity contribution is -0.129. The van der Waals surface area contributed by atoms with Gasteiger partial charge in [-0.3, -0.25) is 4.79 Å². The van der Waals surface area contributed by atoms with E-state index < -0.39 is 0 Å². The molecule has 0 aliphatic carbocycles. The van der Waals surface area contributed by atoms with E-state index in [4.69, 9.17) is 9.15 Å². The molecule has 0 bridgehead atoms. The van der Waals surface area contributed by atoms with Gasteiger partial charge < -0.3 is 9.15 Å². The van der Waals surface area contributed by atoms with Crippen LogP contribution in [-0.4, -0.2) is 18.1 Å². The Kier molecular flexibility index (Phi) is 3.55. The van der Waals surface area contributed by atoms with Crippen LogP contribution in [0.4, 0.5) is 0 Å². The van der Waals surface area contributed by atoms with Crippen LogP contribution < -0.4 is 0 Å². The average molecular weight is 231 g/mol. The first-order valence-electron chi connectivity index (χ1n) is 5.37. The highest BCUT2D eigenvalue weighted by molar-refractivity contribution is 5.60. The lowest BCUT2D eigenvalue weighted by atomic mass is 10.0. The molecule has 1 atom stereocenters. The van der Waals surface area contributed by atoms with Gasteiger partial charge in [-0.1, -0.05) is 37.3 Å². The van der Waals surface area contributed by atoms with Crippen molar-refractivity contribution in [2.75, 3.05) is 6.61 Å². The Morgan fingerprint density at radius 3 is 2.88 bits per heavy atom. The van der Waals surface area contributed by atoms with E-state index in [1.54, 1.807) is 0 Å². The number of hydrogen-bond acceptors (Lipinski definition) is 4. The Hall–Kier alpha value is -2.10. The summed E-state index contributed by atoms with van der Waals surface area (Å²) in [6.07, 6.45) is 1.41. The van der Waals surface area contributed by atoms with Gasteiger partial charge in [-0.05, 0) is 0 Å². The zero-order valence-corrected chi connectivity index (χ0v) is 9.50. The van der Waals surface area contributed by atoms with Gasteiger partial charge in [0, 0.05) is 11.5 Å². The Bertz CT molecular complexity index is 478. The summed E-state index contributed by atoms with van der Waals surface area (Å²) in [5, 5.41) is 0. The van der Waals surface area contributed by atoms with Gasteiger partial charge in [0.25, 0.3) is 6.47 Å². The molecule has 0 amide bonds. The molecule has 17 heavy (non-hydrogen) atoms. The largest absolute Gasteiger partial charge is 0.467 e. The Balaban J connectivity index is 2.25. The van der Waals surface area contributed by atoms with Crippen molar-refractivity contribution in [3.63, 3.8) is 0 Å². The van der Waals surface area contributed by atoms with E-state index in [-0.39, 0.29) is 5.92 Å². The Labute approximate surface area is 99.2 Å². The number of carbonyl (C=O) groups excluding carboxylic acids is 1. The van der Waals surface area contributed by atoms with Crippen LogP contribution >= 0.6 is 0 Å². The van der Waals surface area contributed by atoms with Crippen molar-refractivity contribution >= 4 is 6.47 Å². The standard InChI is InChI=1S/C13H13NO3/c1-10(7-16-9-15)12-13(17-8-14-12)11-5-3-2-4-6-11/h2-6,8-10H,7H2,1H3. The average Bonchev–Trinajstić information content (AvgIpc) is 2.86. The van der Waals surface area contributed by atoms with Crippen LogP contribution in [0.25, 0.3) is 11.3 Å². The zero-order valence-electron chi connectivity index (χ0n) is 9.50. The molecule has 1 aromatic carbocycles. The number of benzene rings is 1. The van der Waals surface area contributed by atoms with Crippen LogP contribution in [-0.2, 0) is 9.53 Å². The Morgan fingerprint density at radius 2 is 2.18 bits per heavy atom. The smallest absolute Gasteiger partial charge is 0.293 e. The van der Waals surface area contributed by atoms with E-state index in [1.807, 2.05) is 37.3 Å². The van der Waals surface area contributed by atoms with Crippen molar-refractivity contribution in [3.8, 4) is 11.3 Å². The summed E-state index contributed by atoms with van der Waals surface area (Å²) < 4.78 is 10.1. The normalized spacial score (nSPS) is 12.1. The fraction of sp³-hybridized carbons (Fsp3) is 0.231. The molecule has 2 aromatic rings. The van der Waals surface area contributed by atoms with Crippen molar-refractivity contribution < 1.29 is 13.9 Å². The molecule has 0 N–H and O–H groups in total. The molecule has 0 aliphatic rings.